The molecular weight excluding hydrogens is 248 g/mol. The molecule has 1 saturated carbocycles. The maximum atomic E-state index is 12.0. The fourth-order valence-electron chi connectivity index (χ4n) is 3.01. The Hall–Kier alpha value is -1.64. The lowest BCUT2D eigenvalue weighted by Crippen LogP contribution is -2.28. The van der Waals surface area contributed by atoms with Crippen molar-refractivity contribution in [2.24, 2.45) is 11.0 Å². The molecule has 0 spiro atoms. The van der Waals surface area contributed by atoms with Gasteiger partial charge >= 0.3 is 0 Å². The summed E-state index contributed by atoms with van der Waals surface area (Å²) in [4.78, 5) is 12.0. The summed E-state index contributed by atoms with van der Waals surface area (Å²) in [6.07, 6.45) is 7.36. The lowest BCUT2D eigenvalue weighted by Gasteiger charge is -2.19. The molecule has 20 heavy (non-hydrogen) atoms. The second-order valence-corrected chi connectivity index (χ2v) is 5.88. The predicted octanol–water partition coefficient (Wildman–Crippen LogP) is 3.64. The van der Waals surface area contributed by atoms with Crippen LogP contribution in [0.3, 0.4) is 0 Å². The number of benzene rings is 1. The smallest absolute Gasteiger partial charge is 0.243 e. The molecule has 1 fully saturated rings. The van der Waals surface area contributed by atoms with E-state index in [0.717, 1.165) is 31.2 Å². The normalized spacial score (nSPS) is 16.6. The number of hydrogen-bond donors (Lipinski definition) is 1. The summed E-state index contributed by atoms with van der Waals surface area (Å²) >= 11 is 0. The van der Waals surface area contributed by atoms with Gasteiger partial charge in [-0.2, -0.15) is 5.10 Å². The summed E-state index contributed by atoms with van der Waals surface area (Å²) < 4.78 is 0. The highest BCUT2D eigenvalue weighted by Gasteiger charge is 2.20. The van der Waals surface area contributed by atoms with Gasteiger partial charge in [0.1, 0.15) is 0 Å². The largest absolute Gasteiger partial charge is 0.273 e. The van der Waals surface area contributed by atoms with Gasteiger partial charge in [0.05, 0.1) is 6.21 Å². The van der Waals surface area contributed by atoms with E-state index < -0.39 is 0 Å². The molecule has 2 rings (SSSR count). The first kappa shape index (κ1) is 14.8. The highest BCUT2D eigenvalue weighted by Crippen LogP contribution is 2.23. The van der Waals surface area contributed by atoms with Crippen LogP contribution in [0, 0.1) is 26.7 Å². The fourth-order valence-corrected chi connectivity index (χ4v) is 3.01. The van der Waals surface area contributed by atoms with Gasteiger partial charge in [0.15, 0.2) is 0 Å². The van der Waals surface area contributed by atoms with E-state index in [2.05, 4.69) is 43.4 Å². The second kappa shape index (κ2) is 6.69. The summed E-state index contributed by atoms with van der Waals surface area (Å²) in [5.41, 5.74) is 7.44. The third-order valence-corrected chi connectivity index (χ3v) is 4.08. The molecule has 0 aliphatic heterocycles. The number of carbonyl (C=O) groups is 1. The van der Waals surface area contributed by atoms with Crippen molar-refractivity contribution in [3.63, 3.8) is 0 Å². The Morgan fingerprint density at radius 3 is 2.35 bits per heavy atom. The quantitative estimate of drug-likeness (QED) is 0.662. The first-order valence-electron chi connectivity index (χ1n) is 7.48. The average molecular weight is 272 g/mol. The van der Waals surface area contributed by atoms with E-state index in [0.29, 0.717) is 0 Å². The van der Waals surface area contributed by atoms with Crippen LogP contribution in [-0.2, 0) is 4.79 Å². The van der Waals surface area contributed by atoms with E-state index >= 15 is 0 Å². The summed E-state index contributed by atoms with van der Waals surface area (Å²) in [5.74, 6) is 0.226. The van der Waals surface area contributed by atoms with Gasteiger partial charge in [0, 0.05) is 11.5 Å². The molecule has 1 amide bonds. The Kier molecular flexibility index (Phi) is 4.94. The van der Waals surface area contributed by atoms with Crippen LogP contribution in [0.5, 0.6) is 0 Å². The molecule has 0 bridgehead atoms. The first-order valence-corrected chi connectivity index (χ1v) is 7.48. The molecule has 3 heteroatoms. The van der Waals surface area contributed by atoms with E-state index in [1.165, 1.54) is 23.1 Å². The zero-order valence-electron chi connectivity index (χ0n) is 12.7. The summed E-state index contributed by atoms with van der Waals surface area (Å²) in [6.45, 7) is 6.24. The van der Waals surface area contributed by atoms with Gasteiger partial charge < -0.3 is 0 Å². The molecular formula is C17H24N2O. The van der Waals surface area contributed by atoms with E-state index in [1.807, 2.05) is 0 Å². The molecule has 1 aliphatic carbocycles. The average Bonchev–Trinajstić information content (AvgIpc) is 2.42. The van der Waals surface area contributed by atoms with Crippen molar-refractivity contribution in [1.29, 1.82) is 0 Å². The number of carbonyl (C=O) groups excluding carboxylic acids is 1. The van der Waals surface area contributed by atoms with Crippen LogP contribution in [0.1, 0.15) is 54.4 Å². The minimum absolute atomic E-state index is 0.0726. The van der Waals surface area contributed by atoms with Gasteiger partial charge in [-0.05, 0) is 44.7 Å². The molecule has 1 aliphatic rings. The van der Waals surface area contributed by atoms with Gasteiger partial charge in [0.25, 0.3) is 0 Å². The maximum absolute atomic E-state index is 12.0. The lowest BCUT2D eigenvalue weighted by molar-refractivity contribution is -0.125. The van der Waals surface area contributed by atoms with Crippen LogP contribution in [0.25, 0.3) is 0 Å². The Balaban J connectivity index is 1.98. The zero-order chi connectivity index (χ0) is 14.5. The number of hydrazone groups is 1. The monoisotopic (exact) mass is 272 g/mol. The Labute approximate surface area is 121 Å². The van der Waals surface area contributed by atoms with Gasteiger partial charge in [0.2, 0.25) is 5.91 Å². The molecule has 3 nitrogen and oxygen atoms in total. The topological polar surface area (TPSA) is 41.5 Å². The van der Waals surface area contributed by atoms with Crippen LogP contribution < -0.4 is 5.43 Å². The Morgan fingerprint density at radius 2 is 1.75 bits per heavy atom. The number of hydrogen-bond acceptors (Lipinski definition) is 2. The molecule has 0 aromatic heterocycles. The highest BCUT2D eigenvalue weighted by atomic mass is 16.2. The minimum atomic E-state index is 0.0726. The van der Waals surface area contributed by atoms with Crippen molar-refractivity contribution in [2.45, 2.75) is 52.9 Å². The van der Waals surface area contributed by atoms with Crippen LogP contribution in [0.4, 0.5) is 0 Å². The Bertz CT molecular complexity index is 491. The molecule has 0 heterocycles. The summed E-state index contributed by atoms with van der Waals surface area (Å²) in [6, 6.07) is 4.27. The minimum Gasteiger partial charge on any atom is -0.273 e. The SMILES string of the molecule is Cc1cc(C)c(/C=N/NC(=O)C2CCCCC2)c(C)c1. The van der Waals surface area contributed by atoms with E-state index in [4.69, 9.17) is 0 Å². The molecule has 1 N–H and O–H groups in total. The Morgan fingerprint density at radius 1 is 1.15 bits per heavy atom. The molecule has 0 atom stereocenters. The van der Waals surface area contributed by atoms with Gasteiger partial charge in [-0.25, -0.2) is 5.43 Å². The van der Waals surface area contributed by atoms with E-state index in [9.17, 15) is 4.79 Å². The summed E-state index contributed by atoms with van der Waals surface area (Å²) in [5, 5.41) is 4.14. The maximum Gasteiger partial charge on any atom is 0.243 e. The van der Waals surface area contributed by atoms with Crippen LogP contribution in [0.15, 0.2) is 17.2 Å². The van der Waals surface area contributed by atoms with Crippen LogP contribution >= 0.6 is 0 Å². The molecule has 1 aromatic carbocycles. The van der Waals surface area contributed by atoms with E-state index in [1.54, 1.807) is 6.21 Å². The number of nitrogens with one attached hydrogen (secondary N) is 1. The van der Waals surface area contributed by atoms with Gasteiger partial charge in [-0.15, -0.1) is 0 Å². The molecule has 0 unspecified atom stereocenters. The molecule has 0 saturated heterocycles. The first-order chi connectivity index (χ1) is 9.58. The van der Waals surface area contributed by atoms with Gasteiger partial charge in [-0.1, -0.05) is 37.0 Å². The van der Waals surface area contributed by atoms with Crippen LogP contribution in [-0.4, -0.2) is 12.1 Å². The number of amides is 1. The van der Waals surface area contributed by atoms with Crippen molar-refractivity contribution in [2.75, 3.05) is 0 Å². The second-order valence-electron chi connectivity index (χ2n) is 5.88. The van der Waals surface area contributed by atoms with Crippen molar-refractivity contribution in [3.8, 4) is 0 Å². The third-order valence-electron chi connectivity index (χ3n) is 4.08. The summed E-state index contributed by atoms with van der Waals surface area (Å²) in [7, 11) is 0. The highest BCUT2D eigenvalue weighted by molar-refractivity contribution is 5.86. The predicted molar refractivity (Wildman–Crippen MR) is 83.0 cm³/mol. The van der Waals surface area contributed by atoms with E-state index in [-0.39, 0.29) is 11.8 Å². The number of nitrogens with zero attached hydrogens (tertiary/aromatic N) is 1. The molecule has 108 valence electrons. The van der Waals surface area contributed by atoms with Crippen molar-refractivity contribution < 1.29 is 4.79 Å². The number of aryl methyl sites for hydroxylation is 3. The molecule has 1 aromatic rings. The fraction of sp³-hybridized carbons (Fsp3) is 0.529. The number of rotatable bonds is 3. The molecule has 0 radical (unpaired) electrons. The van der Waals surface area contributed by atoms with Crippen molar-refractivity contribution in [3.05, 3.63) is 34.4 Å². The zero-order valence-corrected chi connectivity index (χ0v) is 12.7. The van der Waals surface area contributed by atoms with Crippen molar-refractivity contribution in [1.82, 2.24) is 5.43 Å². The third kappa shape index (κ3) is 3.69. The van der Waals surface area contributed by atoms with Crippen LogP contribution in [0.2, 0.25) is 0 Å². The standard InChI is InChI=1S/C17H24N2O/c1-12-9-13(2)16(14(3)10-12)11-18-19-17(20)15-7-5-4-6-8-15/h9-11,15H,4-8H2,1-3H3,(H,19,20)/b18-11+. The van der Waals surface area contributed by atoms with Gasteiger partial charge in [-0.3, -0.25) is 4.79 Å². The lowest BCUT2D eigenvalue weighted by atomic mass is 9.89. The van der Waals surface area contributed by atoms with Crippen molar-refractivity contribution >= 4 is 12.1 Å².